The first kappa shape index (κ1) is 16.9. The fourth-order valence-corrected chi connectivity index (χ4v) is 2.93. The Labute approximate surface area is 137 Å². The van der Waals surface area contributed by atoms with Crippen molar-refractivity contribution in [2.24, 2.45) is 5.41 Å². The molecule has 0 aromatic heterocycles. The van der Waals surface area contributed by atoms with E-state index in [4.69, 9.17) is 9.47 Å². The maximum Gasteiger partial charge on any atom is 0.309 e. The zero-order chi connectivity index (χ0) is 16.3. The highest BCUT2D eigenvalue weighted by atomic mass is 79.9. The molecular formula is C16H18BrFO4. The van der Waals surface area contributed by atoms with Gasteiger partial charge in [-0.25, -0.2) is 4.39 Å². The molecule has 0 N–H and O–H groups in total. The van der Waals surface area contributed by atoms with Gasteiger partial charge in [0.25, 0.3) is 0 Å². The molecule has 1 fully saturated rings. The van der Waals surface area contributed by atoms with E-state index in [1.807, 2.05) is 13.8 Å². The zero-order valence-electron chi connectivity index (χ0n) is 12.5. The number of ether oxygens (including phenoxy) is 2. The van der Waals surface area contributed by atoms with Crippen molar-refractivity contribution in [1.29, 1.82) is 0 Å². The molecule has 4 nitrogen and oxygen atoms in total. The van der Waals surface area contributed by atoms with Gasteiger partial charge in [-0.2, -0.15) is 0 Å². The van der Waals surface area contributed by atoms with E-state index in [2.05, 4.69) is 15.9 Å². The average Bonchev–Trinajstić information content (AvgIpc) is 2.38. The summed E-state index contributed by atoms with van der Waals surface area (Å²) in [6.07, 6.45) is 0.474. The fourth-order valence-electron chi connectivity index (χ4n) is 2.53. The van der Waals surface area contributed by atoms with Gasteiger partial charge in [-0.15, -0.1) is 0 Å². The summed E-state index contributed by atoms with van der Waals surface area (Å²) in [5.41, 5.74) is 0.111. The largest absolute Gasteiger partial charge is 0.462 e. The van der Waals surface area contributed by atoms with E-state index >= 15 is 0 Å². The van der Waals surface area contributed by atoms with E-state index in [-0.39, 0.29) is 24.4 Å². The van der Waals surface area contributed by atoms with E-state index in [9.17, 15) is 14.0 Å². The molecule has 1 saturated heterocycles. The Morgan fingerprint density at radius 1 is 1.50 bits per heavy atom. The Balaban J connectivity index is 1.88. The third-order valence-electron chi connectivity index (χ3n) is 3.52. The van der Waals surface area contributed by atoms with Crippen LogP contribution in [0.2, 0.25) is 0 Å². The van der Waals surface area contributed by atoms with Crippen LogP contribution >= 0.6 is 15.9 Å². The third-order valence-corrected chi connectivity index (χ3v) is 4.13. The molecule has 0 spiro atoms. The minimum atomic E-state index is -0.505. The van der Waals surface area contributed by atoms with Gasteiger partial charge in [-0.3, -0.25) is 9.59 Å². The number of carbonyl (C=O) groups is 2. The number of hydrogen-bond donors (Lipinski definition) is 0. The predicted octanol–water partition coefficient (Wildman–Crippen LogP) is 3.75. The minimum Gasteiger partial charge on any atom is -0.462 e. The first-order chi connectivity index (χ1) is 10.3. The molecule has 1 atom stereocenters. The number of rotatable bonds is 4. The van der Waals surface area contributed by atoms with Crippen LogP contribution in [0.3, 0.4) is 0 Å². The van der Waals surface area contributed by atoms with E-state index in [1.54, 1.807) is 18.2 Å². The van der Waals surface area contributed by atoms with Crippen LogP contribution in [0.15, 0.2) is 22.7 Å². The molecule has 1 unspecified atom stereocenters. The Morgan fingerprint density at radius 2 is 2.23 bits per heavy atom. The lowest BCUT2D eigenvalue weighted by Gasteiger charge is -2.33. The van der Waals surface area contributed by atoms with Crippen molar-refractivity contribution in [3.8, 4) is 0 Å². The highest BCUT2D eigenvalue weighted by Crippen LogP contribution is 2.34. The van der Waals surface area contributed by atoms with Crippen LogP contribution in [-0.2, 0) is 25.7 Å². The number of halogens is 2. The van der Waals surface area contributed by atoms with Crippen LogP contribution in [-0.4, -0.2) is 18.0 Å². The Morgan fingerprint density at radius 3 is 2.91 bits per heavy atom. The van der Waals surface area contributed by atoms with E-state index in [0.717, 1.165) is 0 Å². The average molecular weight is 373 g/mol. The second kappa shape index (κ2) is 6.77. The lowest BCUT2D eigenvalue weighted by atomic mass is 9.81. The molecule has 0 saturated carbocycles. The first-order valence-corrected chi connectivity index (χ1v) is 7.84. The summed E-state index contributed by atoms with van der Waals surface area (Å²) in [6.45, 7) is 3.78. The van der Waals surface area contributed by atoms with E-state index in [1.165, 1.54) is 0 Å². The molecule has 0 amide bonds. The van der Waals surface area contributed by atoms with Gasteiger partial charge in [-0.05, 0) is 33.8 Å². The normalized spacial score (nSPS) is 20.4. The number of carbonyl (C=O) groups excluding carboxylic acids is 2. The molecule has 0 bridgehead atoms. The Kier molecular flexibility index (Phi) is 5.21. The minimum absolute atomic E-state index is 0.00913. The van der Waals surface area contributed by atoms with Gasteiger partial charge in [0.1, 0.15) is 18.5 Å². The number of cyclic esters (lactones) is 1. The molecule has 6 heteroatoms. The van der Waals surface area contributed by atoms with E-state index < -0.39 is 17.9 Å². The van der Waals surface area contributed by atoms with Crippen LogP contribution in [0, 0.1) is 11.2 Å². The van der Waals surface area contributed by atoms with Crippen LogP contribution in [0.25, 0.3) is 0 Å². The monoisotopic (exact) mass is 372 g/mol. The molecule has 1 aromatic rings. The van der Waals surface area contributed by atoms with Crippen LogP contribution < -0.4 is 0 Å². The van der Waals surface area contributed by atoms with Crippen molar-refractivity contribution in [2.75, 3.05) is 0 Å². The molecular weight excluding hydrogens is 355 g/mol. The number of hydrogen-bond acceptors (Lipinski definition) is 4. The van der Waals surface area contributed by atoms with Gasteiger partial charge in [0, 0.05) is 5.56 Å². The first-order valence-electron chi connectivity index (χ1n) is 7.05. The van der Waals surface area contributed by atoms with Crippen molar-refractivity contribution >= 4 is 27.9 Å². The van der Waals surface area contributed by atoms with Gasteiger partial charge in [0.15, 0.2) is 0 Å². The summed E-state index contributed by atoms with van der Waals surface area (Å²) in [5.74, 6) is -1.25. The maximum atomic E-state index is 13.8. The lowest BCUT2D eigenvalue weighted by molar-refractivity contribution is -0.165. The van der Waals surface area contributed by atoms with Crippen LogP contribution in [0.1, 0.15) is 38.7 Å². The number of esters is 2. The third kappa shape index (κ3) is 4.53. The molecule has 1 aliphatic rings. The van der Waals surface area contributed by atoms with Gasteiger partial charge >= 0.3 is 11.9 Å². The fraction of sp³-hybridized carbons (Fsp3) is 0.500. The summed E-state index contributed by atoms with van der Waals surface area (Å²) < 4.78 is 24.3. The lowest BCUT2D eigenvalue weighted by Crippen LogP contribution is -2.36. The molecule has 1 aromatic carbocycles. The molecule has 1 heterocycles. The molecule has 22 heavy (non-hydrogen) atoms. The van der Waals surface area contributed by atoms with Crippen LogP contribution in [0.5, 0.6) is 0 Å². The van der Waals surface area contributed by atoms with E-state index in [0.29, 0.717) is 22.9 Å². The Bertz CT molecular complexity index is 586. The van der Waals surface area contributed by atoms with Gasteiger partial charge in [-0.1, -0.05) is 26.0 Å². The van der Waals surface area contributed by atoms with Gasteiger partial charge in [0.2, 0.25) is 0 Å². The summed E-state index contributed by atoms with van der Waals surface area (Å²) in [4.78, 5) is 23.4. The molecule has 0 aliphatic carbocycles. The van der Waals surface area contributed by atoms with Gasteiger partial charge in [0.05, 0.1) is 17.3 Å². The molecule has 2 rings (SSSR count). The smallest absolute Gasteiger partial charge is 0.309 e. The maximum absolute atomic E-state index is 13.8. The standard InChI is InChI=1S/C16H18BrFO4/c1-16(2)7-11(22-14(20)8-16)6-13(19)21-9-10-4-3-5-12(17)15(10)18/h3-5,11H,6-9H2,1-2H3. The van der Waals surface area contributed by atoms with Crippen LogP contribution in [0.4, 0.5) is 4.39 Å². The van der Waals surface area contributed by atoms with Crippen molar-refractivity contribution in [3.05, 3.63) is 34.1 Å². The molecule has 1 aliphatic heterocycles. The highest BCUT2D eigenvalue weighted by molar-refractivity contribution is 9.10. The van der Waals surface area contributed by atoms with Crippen molar-refractivity contribution in [2.45, 2.75) is 45.8 Å². The SMILES string of the molecule is CC1(C)CC(=O)OC(CC(=O)OCc2cccc(Br)c2F)C1. The quantitative estimate of drug-likeness (QED) is 0.755. The van der Waals surface area contributed by atoms with Gasteiger partial charge < -0.3 is 9.47 Å². The molecule has 0 radical (unpaired) electrons. The summed E-state index contributed by atoms with van der Waals surface area (Å²) in [5, 5.41) is 0. The predicted molar refractivity (Wildman–Crippen MR) is 81.4 cm³/mol. The van der Waals surface area contributed by atoms with Crippen molar-refractivity contribution in [3.63, 3.8) is 0 Å². The summed E-state index contributed by atoms with van der Waals surface area (Å²) >= 11 is 3.08. The summed E-state index contributed by atoms with van der Waals surface area (Å²) in [6, 6.07) is 4.79. The van der Waals surface area contributed by atoms with Crippen molar-refractivity contribution < 1.29 is 23.5 Å². The summed E-state index contributed by atoms with van der Waals surface area (Å²) in [7, 11) is 0. The second-order valence-electron chi connectivity index (χ2n) is 6.23. The second-order valence-corrected chi connectivity index (χ2v) is 7.09. The Hall–Kier alpha value is -1.43. The number of benzene rings is 1. The molecule has 120 valence electrons. The highest BCUT2D eigenvalue weighted by Gasteiger charge is 2.35. The van der Waals surface area contributed by atoms with Crippen molar-refractivity contribution in [1.82, 2.24) is 0 Å². The topological polar surface area (TPSA) is 52.6 Å². The zero-order valence-corrected chi connectivity index (χ0v) is 14.1.